The van der Waals surface area contributed by atoms with Gasteiger partial charge in [0.25, 0.3) is 5.91 Å². The molecule has 0 radical (unpaired) electrons. The fourth-order valence-corrected chi connectivity index (χ4v) is 6.92. The van der Waals surface area contributed by atoms with E-state index in [1.807, 2.05) is 42.3 Å². The standard InChI is InChI=1S/C34H49N3O6S/c1-22(2)29(37(5)31(39)19-26-15-11-8-12-16-26)20-30(43-24(4)38)33-36-28(21-44-33)32(40)35-27(17-23(3)34(41)42-6)18-25-13-9-7-10-14-25/h7,9-10,13-14,21-23,26-27,29-30H,8,11-12,15-20H2,1-6H3,(H,35,40)/t23-,27+,29?,30+/m0/s1. The minimum atomic E-state index is -0.698. The molecular weight excluding hydrogens is 578 g/mol. The van der Waals surface area contributed by atoms with Crippen molar-refractivity contribution in [1.82, 2.24) is 15.2 Å². The van der Waals surface area contributed by atoms with Gasteiger partial charge in [0.05, 0.1) is 13.0 Å². The average molecular weight is 628 g/mol. The van der Waals surface area contributed by atoms with Crippen LogP contribution in [0.15, 0.2) is 35.7 Å². The smallest absolute Gasteiger partial charge is 0.308 e. The summed E-state index contributed by atoms with van der Waals surface area (Å²) in [6, 6.07) is 9.26. The number of benzene rings is 1. The fraction of sp³-hybridized carbons (Fsp3) is 0.618. The molecule has 1 saturated carbocycles. The molecule has 1 fully saturated rings. The Labute approximate surface area is 266 Å². The number of aromatic nitrogens is 1. The lowest BCUT2D eigenvalue weighted by Crippen LogP contribution is -2.42. The zero-order valence-electron chi connectivity index (χ0n) is 27.0. The van der Waals surface area contributed by atoms with E-state index in [0.717, 1.165) is 18.4 Å². The molecule has 1 aromatic heterocycles. The number of nitrogens with one attached hydrogen (secondary N) is 1. The Bertz CT molecular complexity index is 1230. The van der Waals surface area contributed by atoms with Gasteiger partial charge in [-0.1, -0.05) is 70.4 Å². The van der Waals surface area contributed by atoms with Crippen LogP contribution < -0.4 is 5.32 Å². The highest BCUT2D eigenvalue weighted by Crippen LogP contribution is 2.32. The van der Waals surface area contributed by atoms with Crippen molar-refractivity contribution in [3.05, 3.63) is 52.0 Å². The van der Waals surface area contributed by atoms with Crippen LogP contribution in [0.2, 0.25) is 0 Å². The molecule has 1 aromatic carbocycles. The maximum absolute atomic E-state index is 13.4. The van der Waals surface area contributed by atoms with Gasteiger partial charge in [0, 0.05) is 44.3 Å². The highest BCUT2D eigenvalue weighted by atomic mass is 32.1. The van der Waals surface area contributed by atoms with Crippen LogP contribution in [0.3, 0.4) is 0 Å². The first-order valence-electron chi connectivity index (χ1n) is 15.8. The van der Waals surface area contributed by atoms with Gasteiger partial charge in [-0.25, -0.2) is 4.98 Å². The molecule has 1 N–H and O–H groups in total. The van der Waals surface area contributed by atoms with Crippen molar-refractivity contribution in [2.45, 2.75) is 104 Å². The third-order valence-electron chi connectivity index (χ3n) is 8.54. The molecule has 0 aliphatic heterocycles. The van der Waals surface area contributed by atoms with Crippen molar-refractivity contribution in [3.8, 4) is 0 Å². The van der Waals surface area contributed by atoms with Gasteiger partial charge in [-0.05, 0) is 43.1 Å². The number of carbonyl (C=O) groups excluding carboxylic acids is 4. The SMILES string of the molecule is COC(=O)[C@@H](C)C[C@H](Cc1ccccc1)NC(=O)c1csc([C@@H](CC(C(C)C)N(C)C(=O)CC2CCCCC2)OC(C)=O)n1. The lowest BCUT2D eigenvalue weighted by molar-refractivity contribution is -0.148. The van der Waals surface area contributed by atoms with Crippen LogP contribution in [-0.2, 0) is 30.3 Å². The molecule has 0 bridgehead atoms. The Kier molecular flexibility index (Phi) is 13.8. The van der Waals surface area contributed by atoms with Crippen LogP contribution in [0.1, 0.15) is 106 Å². The van der Waals surface area contributed by atoms with E-state index < -0.39 is 18.0 Å². The number of esters is 2. The minimum absolute atomic E-state index is 0.113. The summed E-state index contributed by atoms with van der Waals surface area (Å²) >= 11 is 1.26. The van der Waals surface area contributed by atoms with Crippen LogP contribution in [0, 0.1) is 17.8 Å². The Morgan fingerprint density at radius 1 is 1.05 bits per heavy atom. The average Bonchev–Trinajstić information content (AvgIpc) is 3.49. The number of ether oxygens (including phenoxy) is 2. The second-order valence-electron chi connectivity index (χ2n) is 12.4. The quantitative estimate of drug-likeness (QED) is 0.236. The van der Waals surface area contributed by atoms with Gasteiger partial charge in [-0.15, -0.1) is 11.3 Å². The first kappa shape index (κ1) is 35.2. The van der Waals surface area contributed by atoms with Crippen LogP contribution in [-0.4, -0.2) is 59.9 Å². The Morgan fingerprint density at radius 3 is 2.34 bits per heavy atom. The molecule has 2 amide bonds. The normalized spacial score (nSPS) is 16.4. The molecule has 1 unspecified atom stereocenters. The molecule has 0 spiro atoms. The first-order chi connectivity index (χ1) is 21.0. The van der Waals surface area contributed by atoms with Crippen LogP contribution in [0.5, 0.6) is 0 Å². The van der Waals surface area contributed by atoms with Gasteiger partial charge in [0.2, 0.25) is 5.91 Å². The topological polar surface area (TPSA) is 115 Å². The number of hydrogen-bond acceptors (Lipinski definition) is 8. The molecule has 242 valence electrons. The molecule has 2 aromatic rings. The number of carbonyl (C=O) groups is 4. The third-order valence-corrected chi connectivity index (χ3v) is 9.48. The third kappa shape index (κ3) is 10.7. The van der Waals surface area contributed by atoms with Crippen LogP contribution >= 0.6 is 11.3 Å². The summed E-state index contributed by atoms with van der Waals surface area (Å²) in [4.78, 5) is 57.4. The molecule has 9 nitrogen and oxygen atoms in total. The van der Waals surface area contributed by atoms with Crippen molar-refractivity contribution in [2.75, 3.05) is 14.2 Å². The summed E-state index contributed by atoms with van der Waals surface area (Å²) < 4.78 is 10.6. The number of nitrogens with zero attached hydrogens (tertiary/aromatic N) is 2. The van der Waals surface area contributed by atoms with Gasteiger partial charge >= 0.3 is 11.9 Å². The van der Waals surface area contributed by atoms with Crippen molar-refractivity contribution >= 4 is 35.1 Å². The second kappa shape index (κ2) is 17.3. The molecule has 1 aliphatic carbocycles. The van der Waals surface area contributed by atoms with Gasteiger partial charge in [0.1, 0.15) is 10.7 Å². The molecule has 4 atom stereocenters. The minimum Gasteiger partial charge on any atom is -0.469 e. The van der Waals surface area contributed by atoms with E-state index in [4.69, 9.17) is 9.47 Å². The highest BCUT2D eigenvalue weighted by molar-refractivity contribution is 7.09. The maximum Gasteiger partial charge on any atom is 0.308 e. The largest absolute Gasteiger partial charge is 0.469 e. The molecule has 44 heavy (non-hydrogen) atoms. The monoisotopic (exact) mass is 627 g/mol. The van der Waals surface area contributed by atoms with E-state index in [9.17, 15) is 19.2 Å². The van der Waals surface area contributed by atoms with Crippen LogP contribution in [0.4, 0.5) is 0 Å². The van der Waals surface area contributed by atoms with Gasteiger partial charge < -0.3 is 19.7 Å². The Hall–Kier alpha value is -3.27. The number of methoxy groups -OCH3 is 1. The molecule has 1 aliphatic rings. The predicted molar refractivity (Wildman–Crippen MR) is 171 cm³/mol. The zero-order chi connectivity index (χ0) is 32.2. The van der Waals surface area contributed by atoms with E-state index in [-0.39, 0.29) is 41.5 Å². The second-order valence-corrected chi connectivity index (χ2v) is 13.3. The fourth-order valence-electron chi connectivity index (χ4n) is 6.08. The summed E-state index contributed by atoms with van der Waals surface area (Å²) in [7, 11) is 3.19. The van der Waals surface area contributed by atoms with Gasteiger partial charge in [-0.3, -0.25) is 19.2 Å². The first-order valence-corrected chi connectivity index (χ1v) is 16.7. The van der Waals surface area contributed by atoms with E-state index in [2.05, 4.69) is 24.1 Å². The van der Waals surface area contributed by atoms with Crippen molar-refractivity contribution in [2.24, 2.45) is 17.8 Å². The molecule has 0 saturated heterocycles. The Morgan fingerprint density at radius 2 is 1.73 bits per heavy atom. The van der Waals surface area contributed by atoms with Gasteiger partial charge in [0.15, 0.2) is 6.10 Å². The molecule has 10 heteroatoms. The number of amides is 2. The molecular formula is C34H49N3O6S. The van der Waals surface area contributed by atoms with Gasteiger partial charge in [-0.2, -0.15) is 0 Å². The number of thiazole rings is 1. The molecule has 3 rings (SSSR count). The van der Waals surface area contributed by atoms with E-state index in [0.29, 0.717) is 36.6 Å². The number of rotatable bonds is 15. The maximum atomic E-state index is 13.4. The lowest BCUT2D eigenvalue weighted by atomic mass is 9.86. The van der Waals surface area contributed by atoms with Crippen molar-refractivity contribution < 1.29 is 28.7 Å². The van der Waals surface area contributed by atoms with E-state index >= 15 is 0 Å². The van der Waals surface area contributed by atoms with E-state index in [1.165, 1.54) is 44.6 Å². The summed E-state index contributed by atoms with van der Waals surface area (Å²) in [5.41, 5.74) is 1.25. The molecule has 1 heterocycles. The Balaban J connectivity index is 1.75. The summed E-state index contributed by atoms with van der Waals surface area (Å²) in [5, 5.41) is 5.22. The van der Waals surface area contributed by atoms with Crippen molar-refractivity contribution in [1.29, 1.82) is 0 Å². The lowest BCUT2D eigenvalue weighted by Gasteiger charge is -2.34. The number of hydrogen-bond donors (Lipinski definition) is 1. The van der Waals surface area contributed by atoms with E-state index in [1.54, 1.807) is 12.3 Å². The predicted octanol–water partition coefficient (Wildman–Crippen LogP) is 6.13. The summed E-state index contributed by atoms with van der Waals surface area (Å²) in [6.07, 6.45) is 6.96. The van der Waals surface area contributed by atoms with Crippen molar-refractivity contribution in [3.63, 3.8) is 0 Å². The zero-order valence-corrected chi connectivity index (χ0v) is 27.9. The summed E-state index contributed by atoms with van der Waals surface area (Å²) in [6.45, 7) is 7.25. The summed E-state index contributed by atoms with van der Waals surface area (Å²) in [5.74, 6) is -0.897. The van der Waals surface area contributed by atoms with Crippen LogP contribution in [0.25, 0.3) is 0 Å². The highest BCUT2D eigenvalue weighted by Gasteiger charge is 2.32.